The van der Waals surface area contributed by atoms with Gasteiger partial charge in [-0.2, -0.15) is 0 Å². The zero-order chi connectivity index (χ0) is 13.9. The third kappa shape index (κ3) is 2.85. The summed E-state index contributed by atoms with van der Waals surface area (Å²) in [6.45, 7) is 1.41. The Hall–Kier alpha value is -1.82. The summed E-state index contributed by atoms with van der Waals surface area (Å²) in [5.74, 6) is 0.819. The van der Waals surface area contributed by atoms with Crippen molar-refractivity contribution in [3.8, 4) is 0 Å². The van der Waals surface area contributed by atoms with Crippen LogP contribution in [-0.4, -0.2) is 41.9 Å². The van der Waals surface area contributed by atoms with Crippen molar-refractivity contribution in [1.82, 2.24) is 15.5 Å². The maximum Gasteiger partial charge on any atom is 0.234 e. The number of amides is 2. The lowest BCUT2D eigenvalue weighted by Gasteiger charge is -2.26. The highest BCUT2D eigenvalue weighted by Gasteiger charge is 2.38. The fraction of sp³-hybridized carbons (Fsp3) is 0.571. The zero-order valence-electron chi connectivity index (χ0n) is 11.3. The summed E-state index contributed by atoms with van der Waals surface area (Å²) in [6.07, 6.45) is 4.15. The van der Waals surface area contributed by atoms with E-state index in [1.807, 2.05) is 6.07 Å². The molecule has 0 aromatic carbocycles. The summed E-state index contributed by atoms with van der Waals surface area (Å²) in [7, 11) is 0. The van der Waals surface area contributed by atoms with Crippen molar-refractivity contribution in [1.29, 1.82) is 0 Å². The van der Waals surface area contributed by atoms with Crippen LogP contribution in [0.2, 0.25) is 0 Å². The van der Waals surface area contributed by atoms with Gasteiger partial charge in [0.05, 0.1) is 19.4 Å². The van der Waals surface area contributed by atoms with E-state index < -0.39 is 0 Å². The molecule has 0 aliphatic carbocycles. The van der Waals surface area contributed by atoms with E-state index in [-0.39, 0.29) is 17.9 Å². The molecule has 2 saturated heterocycles. The van der Waals surface area contributed by atoms with Crippen LogP contribution in [-0.2, 0) is 16.1 Å². The van der Waals surface area contributed by atoms with Gasteiger partial charge in [0.15, 0.2) is 0 Å². The predicted octanol–water partition coefficient (Wildman–Crippen LogP) is 0.249. The molecule has 20 heavy (non-hydrogen) atoms. The number of hydrogen-bond donors (Lipinski definition) is 2. The largest absolute Gasteiger partial charge is 0.467 e. The first-order valence-electron chi connectivity index (χ1n) is 7.04. The van der Waals surface area contributed by atoms with Gasteiger partial charge in [-0.15, -0.1) is 0 Å². The van der Waals surface area contributed by atoms with Gasteiger partial charge in [0.1, 0.15) is 5.76 Å². The fourth-order valence-electron chi connectivity index (χ4n) is 3.05. The van der Waals surface area contributed by atoms with Crippen molar-refractivity contribution in [2.24, 2.45) is 0 Å². The van der Waals surface area contributed by atoms with Gasteiger partial charge in [-0.25, -0.2) is 0 Å². The van der Waals surface area contributed by atoms with Crippen molar-refractivity contribution < 1.29 is 14.0 Å². The molecule has 1 aromatic heterocycles. The first-order chi connectivity index (χ1) is 9.72. The summed E-state index contributed by atoms with van der Waals surface area (Å²) in [5.41, 5.74) is 0. The highest BCUT2D eigenvalue weighted by molar-refractivity contribution is 5.79. The number of rotatable bonds is 4. The Kier molecular flexibility index (Phi) is 3.73. The molecule has 2 atom stereocenters. The van der Waals surface area contributed by atoms with E-state index >= 15 is 0 Å². The van der Waals surface area contributed by atoms with E-state index in [0.29, 0.717) is 32.1 Å². The average molecular weight is 277 g/mol. The Morgan fingerprint density at radius 3 is 3.10 bits per heavy atom. The number of furan rings is 1. The lowest BCUT2D eigenvalue weighted by atomic mass is 10.1. The van der Waals surface area contributed by atoms with Crippen molar-refractivity contribution in [2.45, 2.75) is 37.9 Å². The van der Waals surface area contributed by atoms with Gasteiger partial charge in [-0.05, 0) is 25.0 Å². The first-order valence-corrected chi connectivity index (χ1v) is 7.04. The molecule has 2 fully saturated rings. The molecule has 0 spiro atoms. The Morgan fingerprint density at radius 1 is 1.45 bits per heavy atom. The van der Waals surface area contributed by atoms with Gasteiger partial charge >= 0.3 is 0 Å². The van der Waals surface area contributed by atoms with Crippen LogP contribution in [0.1, 0.15) is 25.0 Å². The highest BCUT2D eigenvalue weighted by atomic mass is 16.3. The summed E-state index contributed by atoms with van der Waals surface area (Å²) < 4.78 is 5.18. The van der Waals surface area contributed by atoms with Crippen molar-refractivity contribution >= 4 is 11.8 Å². The summed E-state index contributed by atoms with van der Waals surface area (Å²) in [5, 5.41) is 5.76. The second kappa shape index (κ2) is 5.66. The first kappa shape index (κ1) is 13.2. The minimum atomic E-state index is -0.0207. The van der Waals surface area contributed by atoms with Crippen LogP contribution >= 0.6 is 0 Å². The maximum absolute atomic E-state index is 12.0. The van der Waals surface area contributed by atoms with Crippen LogP contribution in [0.15, 0.2) is 22.8 Å². The molecular formula is C14H19N3O3. The molecule has 1 aromatic rings. The normalized spacial score (nSPS) is 26.1. The lowest BCUT2D eigenvalue weighted by Crippen LogP contribution is -2.44. The number of carbonyl (C=O) groups is 2. The molecule has 2 aliphatic rings. The van der Waals surface area contributed by atoms with E-state index in [1.54, 1.807) is 12.3 Å². The Labute approximate surface area is 117 Å². The number of fused-ring (bicyclic) bond motifs is 2. The van der Waals surface area contributed by atoms with E-state index in [2.05, 4.69) is 15.5 Å². The molecule has 0 radical (unpaired) electrons. The van der Waals surface area contributed by atoms with Crippen LogP contribution in [0.4, 0.5) is 0 Å². The van der Waals surface area contributed by atoms with Gasteiger partial charge in [0.2, 0.25) is 11.8 Å². The third-order valence-corrected chi connectivity index (χ3v) is 4.09. The predicted molar refractivity (Wildman–Crippen MR) is 71.7 cm³/mol. The minimum absolute atomic E-state index is 0.0207. The molecular weight excluding hydrogens is 258 g/mol. The van der Waals surface area contributed by atoms with Crippen molar-refractivity contribution in [3.63, 3.8) is 0 Å². The molecule has 2 bridgehead atoms. The molecule has 0 unspecified atom stereocenters. The summed E-state index contributed by atoms with van der Waals surface area (Å²) in [4.78, 5) is 25.7. The highest BCUT2D eigenvalue weighted by Crippen LogP contribution is 2.27. The van der Waals surface area contributed by atoms with Gasteiger partial charge in [-0.1, -0.05) is 0 Å². The van der Waals surface area contributed by atoms with E-state index in [9.17, 15) is 9.59 Å². The molecule has 3 rings (SSSR count). The Morgan fingerprint density at radius 2 is 2.30 bits per heavy atom. The van der Waals surface area contributed by atoms with Crippen LogP contribution in [0.25, 0.3) is 0 Å². The molecule has 2 amide bonds. The van der Waals surface area contributed by atoms with E-state index in [0.717, 1.165) is 18.6 Å². The molecule has 108 valence electrons. The van der Waals surface area contributed by atoms with Gasteiger partial charge in [0.25, 0.3) is 0 Å². The summed E-state index contributed by atoms with van der Waals surface area (Å²) in [6, 6.07) is 4.13. The van der Waals surface area contributed by atoms with Crippen LogP contribution in [0.5, 0.6) is 0 Å². The van der Waals surface area contributed by atoms with Crippen molar-refractivity contribution in [3.05, 3.63) is 24.2 Å². The van der Waals surface area contributed by atoms with E-state index in [1.165, 1.54) is 0 Å². The number of nitrogens with zero attached hydrogens (tertiary/aromatic N) is 1. The monoisotopic (exact) mass is 277 g/mol. The van der Waals surface area contributed by atoms with Crippen LogP contribution in [0, 0.1) is 0 Å². The summed E-state index contributed by atoms with van der Waals surface area (Å²) >= 11 is 0. The molecule has 3 heterocycles. The SMILES string of the molecule is O=C1C[C@H]2CC[C@H](CN1)N2CC(=O)NCc1ccco1. The average Bonchev–Trinajstić information content (AvgIpc) is 3.01. The van der Waals surface area contributed by atoms with Gasteiger partial charge in [0, 0.05) is 25.0 Å². The van der Waals surface area contributed by atoms with Crippen LogP contribution in [0.3, 0.4) is 0 Å². The quantitative estimate of drug-likeness (QED) is 0.827. The molecule has 2 N–H and O–H groups in total. The van der Waals surface area contributed by atoms with Crippen LogP contribution < -0.4 is 10.6 Å². The minimum Gasteiger partial charge on any atom is -0.467 e. The topological polar surface area (TPSA) is 74.6 Å². The smallest absolute Gasteiger partial charge is 0.234 e. The molecule has 6 heteroatoms. The Bertz CT molecular complexity index is 486. The standard InChI is InChI=1S/C14H19N3O3/c18-13-6-10-3-4-11(7-15-13)17(10)9-14(19)16-8-12-2-1-5-20-12/h1-2,5,10-11H,3-4,6-9H2,(H,15,18)(H,16,19)/t10-,11-/m1/s1. The second-order valence-corrected chi connectivity index (χ2v) is 5.42. The number of nitrogens with one attached hydrogen (secondary N) is 2. The zero-order valence-corrected chi connectivity index (χ0v) is 11.3. The number of carbonyl (C=O) groups excluding carboxylic acids is 2. The molecule has 2 aliphatic heterocycles. The van der Waals surface area contributed by atoms with Crippen molar-refractivity contribution in [2.75, 3.05) is 13.1 Å². The third-order valence-electron chi connectivity index (χ3n) is 4.09. The second-order valence-electron chi connectivity index (χ2n) is 5.42. The maximum atomic E-state index is 12.0. The van der Waals surface area contributed by atoms with Gasteiger partial charge in [-0.3, -0.25) is 14.5 Å². The molecule has 0 saturated carbocycles. The van der Waals surface area contributed by atoms with E-state index in [4.69, 9.17) is 4.42 Å². The Balaban J connectivity index is 1.54. The van der Waals surface area contributed by atoms with Gasteiger partial charge < -0.3 is 15.1 Å². The fourth-order valence-corrected chi connectivity index (χ4v) is 3.05. The number of hydrogen-bond acceptors (Lipinski definition) is 4. The lowest BCUT2D eigenvalue weighted by molar-refractivity contribution is -0.124. The molecule has 6 nitrogen and oxygen atoms in total.